The average molecular weight is 353 g/mol. The molecule has 0 bridgehead atoms. The predicted octanol–water partition coefficient (Wildman–Crippen LogP) is 0.639. The van der Waals surface area contributed by atoms with Crippen LogP contribution in [0.15, 0.2) is 4.99 Å². The van der Waals surface area contributed by atoms with Gasteiger partial charge in [0.15, 0.2) is 5.96 Å². The van der Waals surface area contributed by atoms with Gasteiger partial charge < -0.3 is 25.2 Å². The molecule has 0 saturated carbocycles. The second-order valence-electron chi connectivity index (χ2n) is 8.25. The molecule has 0 aromatic heterocycles. The van der Waals surface area contributed by atoms with Crippen LogP contribution >= 0.6 is 0 Å². The summed E-state index contributed by atoms with van der Waals surface area (Å²) in [7, 11) is 1.64. The summed E-state index contributed by atoms with van der Waals surface area (Å²) in [6.45, 7) is 12.5. The Balaban J connectivity index is 1.88. The van der Waals surface area contributed by atoms with E-state index in [0.717, 1.165) is 5.96 Å². The van der Waals surface area contributed by atoms with E-state index in [1.54, 1.807) is 11.9 Å². The second-order valence-corrected chi connectivity index (χ2v) is 8.25. The van der Waals surface area contributed by atoms with Crippen LogP contribution in [0.1, 0.15) is 34.6 Å². The lowest BCUT2D eigenvalue weighted by molar-refractivity contribution is -0.128. The Morgan fingerprint density at radius 3 is 2.52 bits per heavy atom. The van der Waals surface area contributed by atoms with Crippen molar-refractivity contribution < 1.29 is 14.3 Å². The zero-order valence-corrected chi connectivity index (χ0v) is 16.2. The van der Waals surface area contributed by atoms with Crippen molar-refractivity contribution in [2.24, 2.45) is 10.4 Å². The zero-order valence-electron chi connectivity index (χ0n) is 16.2. The van der Waals surface area contributed by atoms with Crippen molar-refractivity contribution in [1.82, 2.24) is 20.4 Å². The quantitative estimate of drug-likeness (QED) is 0.778. The SMILES string of the molecule is CNC(=O)C(C)(C)CNC1=NCC2CN(C(=O)OC(C)(C)C)CCN12. The number of hydrogen-bond acceptors (Lipinski definition) is 6. The number of carbonyl (C=O) groups excluding carboxylic acids is 2. The van der Waals surface area contributed by atoms with Crippen molar-refractivity contribution in [3.8, 4) is 0 Å². The highest BCUT2D eigenvalue weighted by atomic mass is 16.6. The molecule has 142 valence electrons. The van der Waals surface area contributed by atoms with Gasteiger partial charge in [0.05, 0.1) is 18.0 Å². The minimum absolute atomic E-state index is 0.00936. The molecule has 2 heterocycles. The Bertz CT molecular complexity index is 553. The zero-order chi connectivity index (χ0) is 18.8. The lowest BCUT2D eigenvalue weighted by atomic mass is 9.92. The number of nitrogens with one attached hydrogen (secondary N) is 2. The monoisotopic (exact) mass is 353 g/mol. The van der Waals surface area contributed by atoms with Crippen molar-refractivity contribution in [2.45, 2.75) is 46.3 Å². The molecule has 2 aliphatic heterocycles. The van der Waals surface area contributed by atoms with E-state index in [9.17, 15) is 9.59 Å². The predicted molar refractivity (Wildman–Crippen MR) is 96.5 cm³/mol. The minimum atomic E-state index is -0.520. The minimum Gasteiger partial charge on any atom is -0.444 e. The number of aliphatic imine (C=N–C) groups is 1. The highest BCUT2D eigenvalue weighted by Gasteiger charge is 2.37. The molecule has 2 rings (SSSR count). The molecule has 2 amide bonds. The van der Waals surface area contributed by atoms with Crippen LogP contribution in [0.2, 0.25) is 0 Å². The molecule has 0 aliphatic carbocycles. The Labute approximate surface area is 150 Å². The van der Waals surface area contributed by atoms with Crippen molar-refractivity contribution in [3.63, 3.8) is 0 Å². The van der Waals surface area contributed by atoms with E-state index in [2.05, 4.69) is 20.5 Å². The molecule has 2 aliphatic rings. The van der Waals surface area contributed by atoms with E-state index in [4.69, 9.17) is 4.74 Å². The van der Waals surface area contributed by atoms with Crippen molar-refractivity contribution in [1.29, 1.82) is 0 Å². The van der Waals surface area contributed by atoms with Crippen LogP contribution in [-0.2, 0) is 9.53 Å². The maximum Gasteiger partial charge on any atom is 0.410 e. The molecule has 0 aromatic rings. The van der Waals surface area contributed by atoms with Crippen molar-refractivity contribution in [3.05, 3.63) is 0 Å². The fourth-order valence-electron chi connectivity index (χ4n) is 2.94. The lowest BCUT2D eigenvalue weighted by Crippen LogP contribution is -2.58. The number of carbonyl (C=O) groups is 2. The Hall–Kier alpha value is -1.99. The molecule has 8 nitrogen and oxygen atoms in total. The summed E-state index contributed by atoms with van der Waals surface area (Å²) in [5.74, 6) is 0.802. The number of ether oxygens (including phenoxy) is 1. The lowest BCUT2D eigenvalue weighted by Gasteiger charge is -2.39. The van der Waals surface area contributed by atoms with E-state index in [-0.39, 0.29) is 18.0 Å². The molecule has 0 aromatic carbocycles. The largest absolute Gasteiger partial charge is 0.444 e. The Morgan fingerprint density at radius 2 is 1.92 bits per heavy atom. The summed E-state index contributed by atoms with van der Waals surface area (Å²) in [5, 5.41) is 5.98. The van der Waals surface area contributed by atoms with Gasteiger partial charge in [-0.3, -0.25) is 9.79 Å². The molecule has 25 heavy (non-hydrogen) atoms. The number of nitrogens with zero attached hydrogens (tertiary/aromatic N) is 3. The van der Waals surface area contributed by atoms with Crippen LogP contribution in [0, 0.1) is 5.41 Å². The number of fused-ring (bicyclic) bond motifs is 1. The summed E-state index contributed by atoms with van der Waals surface area (Å²) in [6.07, 6.45) is -0.269. The number of guanidine groups is 1. The Kier molecular flexibility index (Phi) is 5.49. The van der Waals surface area contributed by atoms with Gasteiger partial charge in [-0.1, -0.05) is 0 Å². The standard InChI is InChI=1S/C17H31N5O3/c1-16(2,3)25-15(24)21-7-8-22-12(10-21)9-19-14(22)20-11-17(4,5)13(23)18-6/h12H,7-11H2,1-6H3,(H,18,23)(H,19,20). The number of piperazine rings is 1. The van der Waals surface area contributed by atoms with E-state index < -0.39 is 11.0 Å². The number of rotatable bonds is 3. The summed E-state index contributed by atoms with van der Waals surface area (Å²) < 4.78 is 5.45. The smallest absolute Gasteiger partial charge is 0.410 e. The first-order valence-electron chi connectivity index (χ1n) is 8.78. The van der Waals surface area contributed by atoms with Gasteiger partial charge in [-0.2, -0.15) is 0 Å². The summed E-state index contributed by atoms with van der Waals surface area (Å²) in [4.78, 5) is 32.6. The van der Waals surface area contributed by atoms with Gasteiger partial charge in [0.25, 0.3) is 0 Å². The Morgan fingerprint density at radius 1 is 1.24 bits per heavy atom. The topological polar surface area (TPSA) is 86.3 Å². The fraction of sp³-hybridized carbons (Fsp3) is 0.824. The molecule has 0 spiro atoms. The maximum atomic E-state index is 12.2. The average Bonchev–Trinajstić information content (AvgIpc) is 2.92. The molecule has 1 saturated heterocycles. The first-order chi connectivity index (χ1) is 11.5. The van der Waals surface area contributed by atoms with Crippen LogP contribution in [0.25, 0.3) is 0 Å². The molecule has 1 unspecified atom stereocenters. The molecule has 8 heteroatoms. The van der Waals surface area contributed by atoms with Crippen LogP contribution in [-0.4, -0.2) is 79.2 Å². The third kappa shape index (κ3) is 4.76. The van der Waals surface area contributed by atoms with Gasteiger partial charge in [-0.25, -0.2) is 4.79 Å². The van der Waals surface area contributed by atoms with Crippen LogP contribution in [0.4, 0.5) is 4.79 Å². The van der Waals surface area contributed by atoms with Crippen LogP contribution in [0.3, 0.4) is 0 Å². The molecule has 0 radical (unpaired) electrons. The molecule has 1 fully saturated rings. The fourth-order valence-corrected chi connectivity index (χ4v) is 2.94. The molecular weight excluding hydrogens is 322 g/mol. The van der Waals surface area contributed by atoms with E-state index in [0.29, 0.717) is 32.7 Å². The summed E-state index contributed by atoms with van der Waals surface area (Å²) >= 11 is 0. The van der Waals surface area contributed by atoms with Crippen molar-refractivity contribution >= 4 is 18.0 Å². The van der Waals surface area contributed by atoms with Gasteiger partial charge in [-0.15, -0.1) is 0 Å². The summed E-state index contributed by atoms with van der Waals surface area (Å²) in [5.41, 5.74) is -1.01. The first kappa shape index (κ1) is 19.3. The van der Waals surface area contributed by atoms with E-state index >= 15 is 0 Å². The highest BCUT2D eigenvalue weighted by molar-refractivity contribution is 5.85. The van der Waals surface area contributed by atoms with E-state index in [1.807, 2.05) is 34.6 Å². The third-order valence-corrected chi connectivity index (χ3v) is 4.39. The van der Waals surface area contributed by atoms with Gasteiger partial charge in [-0.05, 0) is 34.6 Å². The maximum absolute atomic E-state index is 12.2. The summed E-state index contributed by atoms with van der Waals surface area (Å²) in [6, 6.07) is 0.159. The van der Waals surface area contributed by atoms with Crippen LogP contribution in [0.5, 0.6) is 0 Å². The normalized spacial score (nSPS) is 20.7. The molecule has 2 N–H and O–H groups in total. The van der Waals surface area contributed by atoms with Crippen molar-refractivity contribution in [2.75, 3.05) is 39.8 Å². The second kappa shape index (κ2) is 7.09. The highest BCUT2D eigenvalue weighted by Crippen LogP contribution is 2.20. The van der Waals surface area contributed by atoms with Gasteiger partial charge in [0.2, 0.25) is 5.91 Å². The van der Waals surface area contributed by atoms with Gasteiger partial charge in [0.1, 0.15) is 5.60 Å². The third-order valence-electron chi connectivity index (χ3n) is 4.39. The number of amides is 2. The number of hydrogen-bond donors (Lipinski definition) is 2. The van der Waals surface area contributed by atoms with Gasteiger partial charge >= 0.3 is 6.09 Å². The van der Waals surface area contributed by atoms with Crippen LogP contribution < -0.4 is 10.6 Å². The van der Waals surface area contributed by atoms with Gasteiger partial charge in [0, 0.05) is 33.2 Å². The first-order valence-corrected chi connectivity index (χ1v) is 8.78. The molecular formula is C17H31N5O3. The van der Waals surface area contributed by atoms with E-state index in [1.165, 1.54) is 0 Å². The molecule has 1 atom stereocenters.